The predicted octanol–water partition coefficient (Wildman–Crippen LogP) is 6.15. The van der Waals surface area contributed by atoms with E-state index in [1.54, 1.807) is 23.1 Å². The number of rotatable bonds is 3. The van der Waals surface area contributed by atoms with Crippen LogP contribution in [0.5, 0.6) is 0 Å². The molecule has 1 saturated heterocycles. The van der Waals surface area contributed by atoms with Crippen LogP contribution in [0, 0.1) is 11.6 Å². The molecule has 1 saturated carbocycles. The molecule has 2 fully saturated rings. The maximum atomic E-state index is 13.4. The van der Waals surface area contributed by atoms with Crippen LogP contribution < -0.4 is 0 Å². The summed E-state index contributed by atoms with van der Waals surface area (Å²) in [6, 6.07) is 7.15. The van der Waals surface area contributed by atoms with Crippen molar-refractivity contribution in [3.8, 4) is 11.3 Å². The lowest BCUT2D eigenvalue weighted by molar-refractivity contribution is -0.123. The lowest BCUT2D eigenvalue weighted by Crippen LogP contribution is -2.38. The summed E-state index contributed by atoms with van der Waals surface area (Å²) in [7, 11) is 0. The zero-order valence-electron chi connectivity index (χ0n) is 15.1. The minimum absolute atomic E-state index is 0.0762. The van der Waals surface area contributed by atoms with E-state index in [4.69, 9.17) is 16.6 Å². The summed E-state index contributed by atoms with van der Waals surface area (Å²) in [5.74, 6) is -1.03. The molecule has 0 bridgehead atoms. The van der Waals surface area contributed by atoms with E-state index in [2.05, 4.69) is 0 Å². The van der Waals surface area contributed by atoms with Crippen molar-refractivity contribution < 1.29 is 18.0 Å². The highest BCUT2D eigenvalue weighted by Crippen LogP contribution is 2.37. The Labute approximate surface area is 171 Å². The van der Waals surface area contributed by atoms with Gasteiger partial charge < -0.3 is 4.42 Å². The number of hydrogen-bond donors (Lipinski definition) is 0. The fraction of sp³-hybridized carbons (Fsp3) is 0.333. The highest BCUT2D eigenvalue weighted by Gasteiger charge is 2.37. The lowest BCUT2D eigenvalue weighted by Gasteiger charge is -2.25. The van der Waals surface area contributed by atoms with Crippen LogP contribution >= 0.6 is 24.0 Å². The van der Waals surface area contributed by atoms with Crippen molar-refractivity contribution in [2.75, 3.05) is 0 Å². The molecule has 0 radical (unpaired) electrons. The van der Waals surface area contributed by atoms with Gasteiger partial charge in [0.2, 0.25) is 0 Å². The van der Waals surface area contributed by atoms with Crippen molar-refractivity contribution in [1.29, 1.82) is 0 Å². The number of nitrogens with zero attached hydrogens (tertiary/aromatic N) is 1. The average molecular weight is 420 g/mol. The Kier molecular flexibility index (Phi) is 5.64. The topological polar surface area (TPSA) is 33.5 Å². The van der Waals surface area contributed by atoms with E-state index in [1.165, 1.54) is 30.7 Å². The smallest absolute Gasteiger partial charge is 0.266 e. The summed E-state index contributed by atoms with van der Waals surface area (Å²) >= 11 is 6.75. The van der Waals surface area contributed by atoms with Gasteiger partial charge in [0.25, 0.3) is 5.91 Å². The van der Waals surface area contributed by atoms with E-state index in [0.717, 1.165) is 37.8 Å². The van der Waals surface area contributed by atoms with E-state index in [-0.39, 0.29) is 11.9 Å². The molecule has 3 nitrogen and oxygen atoms in total. The van der Waals surface area contributed by atoms with Crippen molar-refractivity contribution in [3.05, 3.63) is 52.6 Å². The van der Waals surface area contributed by atoms with Gasteiger partial charge in [0.05, 0.1) is 4.91 Å². The monoisotopic (exact) mass is 419 g/mol. The highest BCUT2D eigenvalue weighted by atomic mass is 32.2. The minimum Gasteiger partial charge on any atom is -0.457 e. The Balaban J connectivity index is 1.54. The summed E-state index contributed by atoms with van der Waals surface area (Å²) in [5, 5.41) is 0. The van der Waals surface area contributed by atoms with Gasteiger partial charge in [-0.25, -0.2) is 8.78 Å². The first kappa shape index (κ1) is 19.3. The van der Waals surface area contributed by atoms with Gasteiger partial charge in [0.15, 0.2) is 11.6 Å². The Morgan fingerprint density at radius 1 is 1.07 bits per heavy atom. The lowest BCUT2D eigenvalue weighted by atomic mass is 10.1. The summed E-state index contributed by atoms with van der Waals surface area (Å²) in [5.41, 5.74) is 0.435. The maximum absolute atomic E-state index is 13.4. The maximum Gasteiger partial charge on any atom is 0.266 e. The number of thiocarbonyl (C=S) groups is 1. The molecule has 0 N–H and O–H groups in total. The van der Waals surface area contributed by atoms with Crippen molar-refractivity contribution in [2.24, 2.45) is 0 Å². The normalized spacial score (nSPS) is 20.2. The molecule has 0 spiro atoms. The fourth-order valence-electron chi connectivity index (χ4n) is 3.67. The first-order valence-electron chi connectivity index (χ1n) is 9.35. The SMILES string of the molecule is O=C1C(=Cc2ccc(-c3ccc(F)c(F)c3)o2)SC(=S)N1C1CCCCCC1. The van der Waals surface area contributed by atoms with Gasteiger partial charge in [0.1, 0.15) is 15.8 Å². The van der Waals surface area contributed by atoms with Crippen LogP contribution in [0.2, 0.25) is 0 Å². The third-order valence-electron chi connectivity index (χ3n) is 5.12. The van der Waals surface area contributed by atoms with Crippen molar-refractivity contribution >= 4 is 40.3 Å². The van der Waals surface area contributed by atoms with E-state index >= 15 is 0 Å². The van der Waals surface area contributed by atoms with Gasteiger partial charge in [-0.15, -0.1) is 0 Å². The van der Waals surface area contributed by atoms with Crippen molar-refractivity contribution in [1.82, 2.24) is 4.90 Å². The number of amides is 1. The number of furan rings is 1. The van der Waals surface area contributed by atoms with Crippen LogP contribution in [-0.4, -0.2) is 21.2 Å². The molecule has 2 heterocycles. The number of thioether (sulfide) groups is 1. The molecule has 2 aromatic rings. The van der Waals surface area contributed by atoms with Crippen LogP contribution in [-0.2, 0) is 4.79 Å². The van der Waals surface area contributed by atoms with Crippen LogP contribution in [0.3, 0.4) is 0 Å². The largest absolute Gasteiger partial charge is 0.457 e. The van der Waals surface area contributed by atoms with Crippen LogP contribution in [0.4, 0.5) is 8.78 Å². The summed E-state index contributed by atoms with van der Waals surface area (Å²) < 4.78 is 32.9. The molecule has 7 heteroatoms. The summed E-state index contributed by atoms with van der Waals surface area (Å²) in [6.07, 6.45) is 8.30. The first-order valence-corrected chi connectivity index (χ1v) is 10.6. The van der Waals surface area contributed by atoms with Gasteiger partial charge in [-0.1, -0.05) is 49.7 Å². The number of carbonyl (C=O) groups excluding carboxylic acids is 1. The fourth-order valence-corrected chi connectivity index (χ4v) is 5.06. The second kappa shape index (κ2) is 8.17. The minimum atomic E-state index is -0.931. The Morgan fingerprint density at radius 3 is 2.54 bits per heavy atom. The number of hydrogen-bond acceptors (Lipinski definition) is 4. The third-order valence-corrected chi connectivity index (χ3v) is 6.45. The third kappa shape index (κ3) is 3.91. The van der Waals surface area contributed by atoms with E-state index in [9.17, 15) is 13.6 Å². The molecular formula is C21H19F2NO2S2. The van der Waals surface area contributed by atoms with Crippen LogP contribution in [0.15, 0.2) is 39.7 Å². The molecule has 28 heavy (non-hydrogen) atoms. The van der Waals surface area contributed by atoms with E-state index < -0.39 is 11.6 Å². The second-order valence-electron chi connectivity index (χ2n) is 7.03. The second-order valence-corrected chi connectivity index (χ2v) is 8.70. The predicted molar refractivity (Wildman–Crippen MR) is 111 cm³/mol. The Morgan fingerprint density at radius 2 is 1.82 bits per heavy atom. The molecule has 4 rings (SSSR count). The molecule has 1 aromatic carbocycles. The molecular weight excluding hydrogens is 400 g/mol. The molecule has 0 unspecified atom stereocenters. The van der Waals surface area contributed by atoms with Gasteiger partial charge in [-0.3, -0.25) is 9.69 Å². The van der Waals surface area contributed by atoms with E-state index in [1.807, 2.05) is 0 Å². The first-order chi connectivity index (χ1) is 13.5. The van der Waals surface area contributed by atoms with Gasteiger partial charge in [0, 0.05) is 17.7 Å². The molecule has 2 aliphatic rings. The van der Waals surface area contributed by atoms with Crippen molar-refractivity contribution in [2.45, 2.75) is 44.6 Å². The van der Waals surface area contributed by atoms with Crippen LogP contribution in [0.1, 0.15) is 44.3 Å². The molecule has 1 amide bonds. The molecule has 1 aromatic heterocycles. The number of carbonyl (C=O) groups is 1. The van der Waals surface area contributed by atoms with Gasteiger partial charge in [-0.05, 0) is 43.2 Å². The Hall–Kier alpha value is -1.99. The number of halogens is 2. The molecule has 146 valence electrons. The average Bonchev–Trinajstić information content (AvgIpc) is 3.12. The zero-order chi connectivity index (χ0) is 19.7. The highest BCUT2D eigenvalue weighted by molar-refractivity contribution is 8.26. The quantitative estimate of drug-likeness (QED) is 0.339. The van der Waals surface area contributed by atoms with Crippen molar-refractivity contribution in [3.63, 3.8) is 0 Å². The summed E-state index contributed by atoms with van der Waals surface area (Å²) in [4.78, 5) is 15.2. The summed E-state index contributed by atoms with van der Waals surface area (Å²) in [6.45, 7) is 0. The molecule has 0 atom stereocenters. The number of benzene rings is 1. The van der Waals surface area contributed by atoms with E-state index in [0.29, 0.717) is 26.3 Å². The van der Waals surface area contributed by atoms with Crippen LogP contribution in [0.25, 0.3) is 17.4 Å². The molecule has 1 aliphatic heterocycles. The zero-order valence-corrected chi connectivity index (χ0v) is 16.8. The Bertz CT molecular complexity index is 946. The van der Waals surface area contributed by atoms with Gasteiger partial charge in [-0.2, -0.15) is 0 Å². The standard InChI is InChI=1S/C21H19F2NO2S2/c22-16-9-7-13(11-17(16)23)18-10-8-15(26-18)12-19-20(25)24(21(27)28-19)14-5-3-1-2-4-6-14/h7-12,14H,1-6H2. The van der Waals surface area contributed by atoms with Gasteiger partial charge >= 0.3 is 0 Å². The molecule has 1 aliphatic carbocycles.